The molecule has 0 aromatic heterocycles. The molecule has 0 bridgehead atoms. The van der Waals surface area contributed by atoms with E-state index >= 15 is 0 Å². The zero-order chi connectivity index (χ0) is 30.6. The molecule has 0 saturated heterocycles. The van der Waals surface area contributed by atoms with Gasteiger partial charge < -0.3 is 14.9 Å². The normalized spacial score (nSPS) is 11.1. The van der Waals surface area contributed by atoms with Crippen LogP contribution in [0.5, 0.6) is 17.2 Å². The average molecular weight is 579 g/mol. The molecule has 1 atom stereocenters. The molecule has 0 spiro atoms. The molecular formula is C40H34O4. The van der Waals surface area contributed by atoms with E-state index in [1.807, 2.05) is 115 Å². The molecule has 4 heteroatoms. The van der Waals surface area contributed by atoms with E-state index in [0.29, 0.717) is 17.9 Å². The third kappa shape index (κ3) is 8.70. The van der Waals surface area contributed by atoms with Gasteiger partial charge >= 0.3 is 5.97 Å². The van der Waals surface area contributed by atoms with E-state index in [-0.39, 0.29) is 11.7 Å². The van der Waals surface area contributed by atoms with Crippen LogP contribution in [0.3, 0.4) is 0 Å². The molecule has 218 valence electrons. The van der Waals surface area contributed by atoms with Gasteiger partial charge in [0.25, 0.3) is 0 Å². The van der Waals surface area contributed by atoms with Crippen molar-refractivity contribution in [1.82, 2.24) is 0 Å². The fourth-order valence-corrected chi connectivity index (χ4v) is 4.87. The minimum atomic E-state index is -0.471. The minimum Gasteiger partial charge on any atom is -0.508 e. The largest absolute Gasteiger partial charge is 0.508 e. The SMILES string of the molecule is O=C(Oc1ccc(-c2ccccc2)cc1)C(Cc1ccccc1)c1ccc(O)cc1.Oc1ccc(Cc2ccccc2)cc1. The van der Waals surface area contributed by atoms with Crippen LogP contribution in [0.4, 0.5) is 0 Å². The summed E-state index contributed by atoms with van der Waals surface area (Å²) in [6.45, 7) is 0. The van der Waals surface area contributed by atoms with E-state index in [0.717, 1.165) is 28.7 Å². The summed E-state index contributed by atoms with van der Waals surface area (Å²) in [5.74, 6) is 0.208. The number of phenols is 2. The Bertz CT molecular complexity index is 1710. The lowest BCUT2D eigenvalue weighted by Crippen LogP contribution is -2.21. The van der Waals surface area contributed by atoms with Gasteiger partial charge in [-0.25, -0.2) is 0 Å². The summed E-state index contributed by atoms with van der Waals surface area (Å²) in [6.07, 6.45) is 1.44. The smallest absolute Gasteiger partial charge is 0.319 e. The van der Waals surface area contributed by atoms with Crippen LogP contribution in [-0.4, -0.2) is 16.2 Å². The molecule has 0 heterocycles. The maximum absolute atomic E-state index is 13.1. The van der Waals surface area contributed by atoms with Gasteiger partial charge in [-0.3, -0.25) is 4.79 Å². The van der Waals surface area contributed by atoms with E-state index in [4.69, 9.17) is 9.84 Å². The predicted molar refractivity (Wildman–Crippen MR) is 176 cm³/mol. The highest BCUT2D eigenvalue weighted by Crippen LogP contribution is 2.27. The van der Waals surface area contributed by atoms with E-state index < -0.39 is 5.92 Å². The van der Waals surface area contributed by atoms with Crippen LogP contribution < -0.4 is 4.74 Å². The topological polar surface area (TPSA) is 66.8 Å². The van der Waals surface area contributed by atoms with Gasteiger partial charge in [0.15, 0.2) is 0 Å². The van der Waals surface area contributed by atoms with E-state index in [1.165, 1.54) is 11.1 Å². The summed E-state index contributed by atoms with van der Waals surface area (Å²) in [5, 5.41) is 18.7. The monoisotopic (exact) mass is 578 g/mol. The van der Waals surface area contributed by atoms with Crippen LogP contribution in [0, 0.1) is 0 Å². The molecule has 44 heavy (non-hydrogen) atoms. The third-order valence-corrected chi connectivity index (χ3v) is 7.23. The summed E-state index contributed by atoms with van der Waals surface area (Å²) in [4.78, 5) is 13.1. The van der Waals surface area contributed by atoms with Crippen molar-refractivity contribution in [3.8, 4) is 28.4 Å². The first-order chi connectivity index (χ1) is 21.5. The van der Waals surface area contributed by atoms with Crippen LogP contribution in [0.15, 0.2) is 164 Å². The van der Waals surface area contributed by atoms with Gasteiger partial charge in [-0.15, -0.1) is 0 Å². The van der Waals surface area contributed by atoms with Crippen LogP contribution >= 0.6 is 0 Å². The number of hydrogen-bond donors (Lipinski definition) is 2. The first kappa shape index (κ1) is 29.9. The Morgan fingerprint density at radius 3 is 1.52 bits per heavy atom. The molecule has 2 N–H and O–H groups in total. The number of hydrogen-bond acceptors (Lipinski definition) is 4. The Morgan fingerprint density at radius 1 is 0.500 bits per heavy atom. The summed E-state index contributed by atoms with van der Waals surface area (Å²) in [5.41, 5.74) is 6.54. The Kier molecular flexibility index (Phi) is 10.2. The second kappa shape index (κ2) is 15.0. The van der Waals surface area contributed by atoms with Crippen molar-refractivity contribution in [2.75, 3.05) is 0 Å². The Hall–Kier alpha value is -5.61. The zero-order valence-corrected chi connectivity index (χ0v) is 24.3. The molecule has 0 aliphatic rings. The molecule has 0 radical (unpaired) electrons. The number of rotatable bonds is 8. The number of benzene rings is 6. The standard InChI is InChI=1S/C27H22O3.C13H12O/c28-24-15-11-23(12-16-24)26(19-20-7-3-1-4-8-20)27(29)30-25-17-13-22(14-18-25)21-9-5-2-6-10-21;14-13-8-6-12(7-9-13)10-11-4-2-1-3-5-11/h1-18,26,28H,19H2;1-9,14H,10H2. The van der Waals surface area contributed by atoms with E-state index in [1.54, 1.807) is 36.4 Å². The minimum absolute atomic E-state index is 0.169. The summed E-state index contributed by atoms with van der Waals surface area (Å²) >= 11 is 0. The first-order valence-electron chi connectivity index (χ1n) is 14.6. The van der Waals surface area contributed by atoms with Crippen molar-refractivity contribution >= 4 is 5.97 Å². The second-order valence-corrected chi connectivity index (χ2v) is 10.5. The van der Waals surface area contributed by atoms with Gasteiger partial charge in [-0.05, 0) is 82.6 Å². The fraction of sp³-hybridized carbons (Fsp3) is 0.0750. The van der Waals surface area contributed by atoms with Crippen molar-refractivity contribution < 1.29 is 19.7 Å². The van der Waals surface area contributed by atoms with E-state index in [2.05, 4.69) is 12.1 Å². The van der Waals surface area contributed by atoms with E-state index in [9.17, 15) is 9.90 Å². The van der Waals surface area contributed by atoms with Gasteiger partial charge in [0.1, 0.15) is 17.2 Å². The Balaban J connectivity index is 0.000000229. The number of carbonyl (C=O) groups is 1. The Labute approximate surface area is 258 Å². The molecular weight excluding hydrogens is 544 g/mol. The highest BCUT2D eigenvalue weighted by molar-refractivity contribution is 5.81. The lowest BCUT2D eigenvalue weighted by molar-refractivity contribution is -0.136. The highest BCUT2D eigenvalue weighted by atomic mass is 16.5. The number of carbonyl (C=O) groups excluding carboxylic acids is 1. The Morgan fingerprint density at radius 2 is 0.955 bits per heavy atom. The quantitative estimate of drug-likeness (QED) is 0.140. The van der Waals surface area contributed by atoms with Crippen LogP contribution in [0.1, 0.15) is 28.2 Å². The maximum Gasteiger partial charge on any atom is 0.319 e. The van der Waals surface area contributed by atoms with Crippen molar-refractivity contribution in [2.45, 2.75) is 18.8 Å². The number of aromatic hydroxyl groups is 2. The fourth-order valence-electron chi connectivity index (χ4n) is 4.87. The van der Waals surface area contributed by atoms with Gasteiger partial charge in [-0.2, -0.15) is 0 Å². The third-order valence-electron chi connectivity index (χ3n) is 7.23. The number of ether oxygens (including phenoxy) is 1. The van der Waals surface area contributed by atoms with Crippen molar-refractivity contribution in [2.24, 2.45) is 0 Å². The van der Waals surface area contributed by atoms with Crippen molar-refractivity contribution in [3.05, 3.63) is 186 Å². The molecule has 6 aromatic carbocycles. The van der Waals surface area contributed by atoms with Crippen molar-refractivity contribution in [3.63, 3.8) is 0 Å². The van der Waals surface area contributed by atoms with Gasteiger partial charge in [0.05, 0.1) is 5.92 Å². The average Bonchev–Trinajstić information content (AvgIpc) is 3.07. The highest BCUT2D eigenvalue weighted by Gasteiger charge is 2.23. The summed E-state index contributed by atoms with van der Waals surface area (Å²) in [7, 11) is 0. The molecule has 4 nitrogen and oxygen atoms in total. The van der Waals surface area contributed by atoms with Gasteiger partial charge in [-0.1, -0.05) is 127 Å². The van der Waals surface area contributed by atoms with Crippen LogP contribution in [0.2, 0.25) is 0 Å². The number of phenolic OH excluding ortho intramolecular Hbond substituents is 2. The molecule has 1 unspecified atom stereocenters. The molecule has 0 fully saturated rings. The summed E-state index contributed by atoms with van der Waals surface area (Å²) < 4.78 is 5.72. The number of esters is 1. The first-order valence-corrected chi connectivity index (χ1v) is 14.6. The zero-order valence-electron chi connectivity index (χ0n) is 24.3. The lowest BCUT2D eigenvalue weighted by Gasteiger charge is -2.17. The predicted octanol–water partition coefficient (Wildman–Crippen LogP) is 8.97. The van der Waals surface area contributed by atoms with Gasteiger partial charge in [0, 0.05) is 0 Å². The second-order valence-electron chi connectivity index (χ2n) is 10.5. The molecule has 0 aliphatic heterocycles. The maximum atomic E-state index is 13.1. The summed E-state index contributed by atoms with van der Waals surface area (Å²) in [6, 6.07) is 51.8. The molecule has 6 aromatic rings. The van der Waals surface area contributed by atoms with Crippen molar-refractivity contribution in [1.29, 1.82) is 0 Å². The van der Waals surface area contributed by atoms with Crippen LogP contribution in [-0.2, 0) is 17.6 Å². The lowest BCUT2D eigenvalue weighted by atomic mass is 9.92. The molecule has 0 saturated carbocycles. The van der Waals surface area contributed by atoms with Gasteiger partial charge in [0.2, 0.25) is 0 Å². The molecule has 6 rings (SSSR count). The molecule has 0 amide bonds. The van der Waals surface area contributed by atoms with Crippen LogP contribution in [0.25, 0.3) is 11.1 Å². The molecule has 0 aliphatic carbocycles.